The number of amides is 1. The van der Waals surface area contributed by atoms with Crippen LogP contribution in [0.4, 0.5) is 0 Å². The third kappa shape index (κ3) is 6.10. The number of carbonyl (C=O) groups is 2. The summed E-state index contributed by atoms with van der Waals surface area (Å²) < 4.78 is 5.57. The molecular formula is C33H33BrNO4P. The molecule has 206 valence electrons. The molecule has 0 aromatic heterocycles. The van der Waals surface area contributed by atoms with Crippen molar-refractivity contribution in [3.8, 4) is 0 Å². The zero-order chi connectivity index (χ0) is 28.5. The van der Waals surface area contributed by atoms with Crippen LogP contribution >= 0.6 is 20.8 Å². The molecule has 4 rings (SSSR count). The van der Waals surface area contributed by atoms with Crippen LogP contribution in [0, 0.1) is 0 Å². The molecule has 1 amide bonds. The third-order valence-electron chi connectivity index (χ3n) is 6.81. The Morgan fingerprint density at radius 2 is 1.23 bits per heavy atom. The summed E-state index contributed by atoms with van der Waals surface area (Å²) in [6, 6.07) is 38.4. The second kappa shape index (κ2) is 13.2. The van der Waals surface area contributed by atoms with E-state index in [-0.39, 0.29) is 25.3 Å². The van der Waals surface area contributed by atoms with Crippen molar-refractivity contribution in [2.45, 2.75) is 19.6 Å². The molecule has 0 saturated carbocycles. The summed E-state index contributed by atoms with van der Waals surface area (Å²) in [6.07, 6.45) is 1.58. The number of ether oxygens (including phenoxy) is 1. The molecule has 0 spiro atoms. The number of halogens is 1. The fraction of sp³-hybridized carbons (Fsp3) is 0.152. The van der Waals surface area contributed by atoms with Crippen LogP contribution in [0.2, 0.25) is 0 Å². The Labute approximate surface area is 244 Å². The SMILES string of the molecule is C=CCON(C(=O)CP(Br)(c1ccccc1)(c1ccccc1)c1ccccc1)C(C)C(=O)OCc1ccccc1. The average molecular weight is 619 g/mol. The van der Waals surface area contributed by atoms with Gasteiger partial charge in [0.1, 0.15) is 0 Å². The molecule has 4 aromatic carbocycles. The van der Waals surface area contributed by atoms with E-state index in [0.29, 0.717) is 0 Å². The van der Waals surface area contributed by atoms with E-state index in [9.17, 15) is 9.59 Å². The Kier molecular flexibility index (Phi) is 9.70. The van der Waals surface area contributed by atoms with Gasteiger partial charge in [-0.05, 0) is 0 Å². The van der Waals surface area contributed by atoms with Crippen LogP contribution in [0.15, 0.2) is 134 Å². The fourth-order valence-electron chi connectivity index (χ4n) is 4.74. The number of nitrogens with zero attached hydrogens (tertiary/aromatic N) is 1. The van der Waals surface area contributed by atoms with Crippen molar-refractivity contribution in [1.29, 1.82) is 0 Å². The molecule has 0 N–H and O–H groups in total. The van der Waals surface area contributed by atoms with Crippen LogP contribution in [0.5, 0.6) is 0 Å². The van der Waals surface area contributed by atoms with Crippen molar-refractivity contribution >= 4 is 48.6 Å². The first-order chi connectivity index (χ1) is 19.4. The Morgan fingerprint density at radius 3 is 1.65 bits per heavy atom. The topological polar surface area (TPSA) is 55.8 Å². The molecule has 0 fully saturated rings. The van der Waals surface area contributed by atoms with Gasteiger partial charge in [0.25, 0.3) is 0 Å². The summed E-state index contributed by atoms with van der Waals surface area (Å²) in [7, 11) is 0. The van der Waals surface area contributed by atoms with E-state index in [1.54, 1.807) is 13.0 Å². The van der Waals surface area contributed by atoms with Crippen LogP contribution in [0.3, 0.4) is 0 Å². The summed E-state index contributed by atoms with van der Waals surface area (Å²) in [4.78, 5) is 33.4. The monoisotopic (exact) mass is 617 g/mol. The number of benzene rings is 4. The number of carbonyl (C=O) groups excluding carboxylic acids is 2. The fourth-order valence-corrected chi connectivity index (χ4v) is 12.0. The third-order valence-corrected chi connectivity index (χ3v) is 16.2. The molecule has 0 bridgehead atoms. The van der Waals surface area contributed by atoms with E-state index in [2.05, 4.69) is 22.1 Å². The van der Waals surface area contributed by atoms with Gasteiger partial charge in [-0.2, -0.15) is 0 Å². The molecule has 5 nitrogen and oxygen atoms in total. The maximum atomic E-state index is 14.4. The normalized spacial score (nSPS) is 12.9. The number of hydrogen-bond donors (Lipinski definition) is 0. The van der Waals surface area contributed by atoms with Crippen molar-refractivity contribution in [2.75, 3.05) is 12.8 Å². The first-order valence-corrected chi connectivity index (χ1v) is 17.5. The summed E-state index contributed by atoms with van der Waals surface area (Å²) >= 11 is 4.29. The summed E-state index contributed by atoms with van der Waals surface area (Å²) in [5, 5.41) is 0.508. The van der Waals surface area contributed by atoms with Crippen LogP contribution in [-0.2, 0) is 25.8 Å². The van der Waals surface area contributed by atoms with Crippen LogP contribution in [0.25, 0.3) is 0 Å². The van der Waals surface area contributed by atoms with E-state index < -0.39 is 17.3 Å². The van der Waals surface area contributed by atoms with Gasteiger partial charge in [0.2, 0.25) is 0 Å². The molecule has 0 aliphatic rings. The zero-order valence-electron chi connectivity index (χ0n) is 22.4. The Hall–Kier alpha value is -3.57. The van der Waals surface area contributed by atoms with E-state index in [1.165, 1.54) is 0 Å². The van der Waals surface area contributed by atoms with Gasteiger partial charge < -0.3 is 0 Å². The summed E-state index contributed by atoms with van der Waals surface area (Å²) in [5.41, 5.74) is 0.857. The van der Waals surface area contributed by atoms with Crippen molar-refractivity contribution in [3.63, 3.8) is 0 Å². The molecule has 0 radical (unpaired) electrons. The number of hydroxylamine groups is 2. The molecule has 1 unspecified atom stereocenters. The second-order valence-corrected chi connectivity index (χ2v) is 18.3. The predicted molar refractivity (Wildman–Crippen MR) is 168 cm³/mol. The Morgan fingerprint density at radius 1 is 0.800 bits per heavy atom. The minimum atomic E-state index is -3.60. The second-order valence-electron chi connectivity index (χ2n) is 9.42. The first-order valence-electron chi connectivity index (χ1n) is 13.0. The van der Waals surface area contributed by atoms with E-state index in [1.807, 2.05) is 121 Å². The summed E-state index contributed by atoms with van der Waals surface area (Å²) in [5.74, 6) is -0.910. The van der Waals surface area contributed by atoms with Crippen molar-refractivity contribution in [1.82, 2.24) is 5.06 Å². The standard InChI is InChI=1S/C33H33BrNO4P/c1-3-24-39-35(27(2)33(37)38-25-28-16-8-4-9-17-28)32(36)26-40(34,29-18-10-5-11-19-29,30-20-12-6-13-21-30)31-22-14-7-15-23-31/h3-23,27H,1,24-26H2,2H3. The molecular weight excluding hydrogens is 585 g/mol. The van der Waals surface area contributed by atoms with Gasteiger partial charge in [-0.1, -0.05) is 0 Å². The average Bonchev–Trinajstić information content (AvgIpc) is 3.01. The van der Waals surface area contributed by atoms with E-state index in [4.69, 9.17) is 9.57 Å². The van der Waals surface area contributed by atoms with Crippen molar-refractivity contribution in [3.05, 3.63) is 140 Å². The van der Waals surface area contributed by atoms with Gasteiger partial charge in [0, 0.05) is 0 Å². The van der Waals surface area contributed by atoms with Crippen LogP contribution in [0.1, 0.15) is 12.5 Å². The van der Waals surface area contributed by atoms with Gasteiger partial charge in [0.15, 0.2) is 0 Å². The maximum absolute atomic E-state index is 14.4. The number of rotatable bonds is 12. The van der Waals surface area contributed by atoms with Gasteiger partial charge in [-0.25, -0.2) is 0 Å². The molecule has 0 saturated heterocycles. The first kappa shape index (κ1) is 29.4. The molecule has 0 aliphatic heterocycles. The molecule has 1 atom stereocenters. The molecule has 4 aromatic rings. The molecule has 40 heavy (non-hydrogen) atoms. The Bertz CT molecular complexity index is 1320. The van der Waals surface area contributed by atoms with E-state index in [0.717, 1.165) is 26.5 Å². The predicted octanol–water partition coefficient (Wildman–Crippen LogP) is 5.90. The zero-order valence-corrected chi connectivity index (χ0v) is 24.9. The molecule has 7 heteroatoms. The molecule has 0 heterocycles. The Balaban J connectivity index is 1.76. The number of esters is 1. The van der Waals surface area contributed by atoms with Crippen molar-refractivity contribution < 1.29 is 19.2 Å². The molecule has 0 aliphatic carbocycles. The quantitative estimate of drug-likeness (QED) is 0.0859. The number of hydrogen-bond acceptors (Lipinski definition) is 4. The van der Waals surface area contributed by atoms with Crippen LogP contribution in [-0.4, -0.2) is 35.8 Å². The van der Waals surface area contributed by atoms with Gasteiger partial charge in [-0.15, -0.1) is 0 Å². The summed E-state index contributed by atoms with van der Waals surface area (Å²) in [6.45, 7) is 5.50. The van der Waals surface area contributed by atoms with Crippen LogP contribution < -0.4 is 15.9 Å². The van der Waals surface area contributed by atoms with E-state index >= 15 is 0 Å². The van der Waals surface area contributed by atoms with Gasteiger partial charge >= 0.3 is 245 Å². The van der Waals surface area contributed by atoms with Crippen molar-refractivity contribution in [2.24, 2.45) is 0 Å². The van der Waals surface area contributed by atoms with Gasteiger partial charge in [-0.3, -0.25) is 0 Å². The van der Waals surface area contributed by atoms with Gasteiger partial charge in [0.05, 0.1) is 0 Å². The minimum absolute atomic E-state index is 0.0388.